The number of para-hydroxylation sites is 1. The molecule has 0 aromatic heterocycles. The Hall–Kier alpha value is -2.91. The number of nitrogens with zero attached hydrogens (tertiary/aromatic N) is 4. The molecule has 2 aromatic carbocycles. The van der Waals surface area contributed by atoms with Crippen LogP contribution >= 0.6 is 11.8 Å². The first-order chi connectivity index (χ1) is 18.4. The second-order valence-electron chi connectivity index (χ2n) is 9.57. The van der Waals surface area contributed by atoms with E-state index >= 15 is 0 Å². The molecule has 2 aromatic rings. The fraction of sp³-hybridized carbons (Fsp3) is 0.533. The molecule has 8 heteroatoms. The van der Waals surface area contributed by atoms with Gasteiger partial charge in [0.2, 0.25) is 0 Å². The number of hydrogen-bond acceptors (Lipinski definition) is 8. The molecule has 2 unspecified atom stereocenters. The van der Waals surface area contributed by atoms with Crippen LogP contribution in [0.3, 0.4) is 0 Å². The van der Waals surface area contributed by atoms with E-state index in [0.717, 1.165) is 67.3 Å². The number of fused-ring (bicyclic) bond motifs is 2. The standard InChI is InChI=1S/C30H41N5O2S/c1-7-15-34(16-8-2)21(5)36-28-23(19-31)24(20-32)29(37-22(6)35(17-9-3)18-10-4)30-27(28)33-25-13-11-12-14-26(25)38-30/h11-14,21-22,33H,7-10,15-18H2,1-6H3. The summed E-state index contributed by atoms with van der Waals surface area (Å²) >= 11 is 1.55. The Morgan fingerprint density at radius 1 is 0.789 bits per heavy atom. The van der Waals surface area contributed by atoms with E-state index in [2.05, 4.69) is 54.9 Å². The maximum atomic E-state index is 10.3. The first-order valence-corrected chi connectivity index (χ1v) is 14.6. The molecule has 0 aliphatic carbocycles. The third kappa shape index (κ3) is 6.56. The molecule has 2 atom stereocenters. The minimum atomic E-state index is -0.267. The van der Waals surface area contributed by atoms with Crippen molar-refractivity contribution in [1.29, 1.82) is 10.5 Å². The van der Waals surface area contributed by atoms with Crippen molar-refractivity contribution in [3.8, 4) is 23.6 Å². The fourth-order valence-electron chi connectivity index (χ4n) is 4.83. The molecule has 1 aliphatic rings. The Kier molecular flexibility index (Phi) is 11.2. The molecule has 0 saturated heterocycles. The van der Waals surface area contributed by atoms with Crippen LogP contribution in [0.4, 0.5) is 11.4 Å². The van der Waals surface area contributed by atoms with E-state index in [0.29, 0.717) is 17.2 Å². The van der Waals surface area contributed by atoms with Crippen LogP contribution in [0.2, 0.25) is 0 Å². The lowest BCUT2D eigenvalue weighted by atomic mass is 10.0. The van der Waals surface area contributed by atoms with Crippen LogP contribution in [0.5, 0.6) is 11.5 Å². The Morgan fingerprint density at radius 2 is 1.26 bits per heavy atom. The smallest absolute Gasteiger partial charge is 0.165 e. The molecule has 3 rings (SSSR count). The lowest BCUT2D eigenvalue weighted by Gasteiger charge is -2.34. The Bertz CT molecular complexity index is 1070. The molecule has 0 saturated carbocycles. The summed E-state index contributed by atoms with van der Waals surface area (Å²) in [5.41, 5.74) is 2.05. The highest BCUT2D eigenvalue weighted by Gasteiger charge is 2.33. The molecule has 1 N–H and O–H groups in total. The lowest BCUT2D eigenvalue weighted by Crippen LogP contribution is -2.39. The van der Waals surface area contributed by atoms with Gasteiger partial charge in [-0.15, -0.1) is 0 Å². The average molecular weight is 536 g/mol. The molecule has 0 bridgehead atoms. The van der Waals surface area contributed by atoms with Crippen molar-refractivity contribution in [2.75, 3.05) is 31.5 Å². The van der Waals surface area contributed by atoms with Crippen LogP contribution in [0.25, 0.3) is 0 Å². The van der Waals surface area contributed by atoms with Gasteiger partial charge in [0.05, 0.1) is 10.6 Å². The first-order valence-electron chi connectivity index (χ1n) is 13.8. The predicted octanol–water partition coefficient (Wildman–Crippen LogP) is 7.33. The summed E-state index contributed by atoms with van der Waals surface area (Å²) in [5, 5.41) is 24.2. The van der Waals surface area contributed by atoms with E-state index in [4.69, 9.17) is 9.47 Å². The van der Waals surface area contributed by atoms with Gasteiger partial charge in [-0.3, -0.25) is 9.80 Å². The molecule has 1 heterocycles. The van der Waals surface area contributed by atoms with Crippen molar-refractivity contribution in [2.24, 2.45) is 0 Å². The van der Waals surface area contributed by atoms with Crippen LogP contribution in [-0.4, -0.2) is 48.4 Å². The second-order valence-corrected chi connectivity index (χ2v) is 10.6. The zero-order chi connectivity index (χ0) is 27.7. The van der Waals surface area contributed by atoms with E-state index in [-0.39, 0.29) is 23.6 Å². The number of nitriles is 2. The highest BCUT2D eigenvalue weighted by atomic mass is 32.2. The van der Waals surface area contributed by atoms with Gasteiger partial charge >= 0.3 is 0 Å². The summed E-state index contributed by atoms with van der Waals surface area (Å²) in [6.45, 7) is 16.2. The molecular weight excluding hydrogens is 494 g/mol. The van der Waals surface area contributed by atoms with Crippen molar-refractivity contribution in [2.45, 2.75) is 89.5 Å². The Morgan fingerprint density at radius 3 is 1.76 bits per heavy atom. The van der Waals surface area contributed by atoms with Crippen LogP contribution < -0.4 is 14.8 Å². The number of benzene rings is 2. The lowest BCUT2D eigenvalue weighted by molar-refractivity contribution is 0.0349. The third-order valence-corrected chi connectivity index (χ3v) is 7.76. The molecular formula is C30H41N5O2S. The molecule has 0 radical (unpaired) electrons. The Balaban J connectivity index is 2.17. The summed E-state index contributed by atoms with van der Waals surface area (Å²) in [4.78, 5) is 6.35. The molecule has 0 amide bonds. The maximum Gasteiger partial charge on any atom is 0.165 e. The van der Waals surface area contributed by atoms with Crippen molar-refractivity contribution in [1.82, 2.24) is 9.80 Å². The third-order valence-electron chi connectivity index (χ3n) is 6.60. The highest BCUT2D eigenvalue weighted by molar-refractivity contribution is 7.99. The first kappa shape index (κ1) is 29.6. The molecule has 0 spiro atoms. The van der Waals surface area contributed by atoms with Gasteiger partial charge in [-0.25, -0.2) is 0 Å². The predicted molar refractivity (Wildman–Crippen MR) is 154 cm³/mol. The van der Waals surface area contributed by atoms with E-state index in [1.165, 1.54) is 0 Å². The quantitative estimate of drug-likeness (QED) is 0.215. The summed E-state index contributed by atoms with van der Waals surface area (Å²) in [6.07, 6.45) is 3.47. The largest absolute Gasteiger partial charge is 0.473 e. The van der Waals surface area contributed by atoms with Crippen molar-refractivity contribution in [3.63, 3.8) is 0 Å². The van der Waals surface area contributed by atoms with Gasteiger partial charge < -0.3 is 14.8 Å². The molecule has 204 valence electrons. The van der Waals surface area contributed by atoms with Crippen LogP contribution in [0.15, 0.2) is 34.1 Å². The zero-order valence-corrected chi connectivity index (χ0v) is 24.5. The van der Waals surface area contributed by atoms with Gasteiger partial charge in [0.25, 0.3) is 0 Å². The van der Waals surface area contributed by atoms with Crippen LogP contribution in [0, 0.1) is 22.7 Å². The molecule has 38 heavy (non-hydrogen) atoms. The minimum Gasteiger partial charge on any atom is -0.473 e. The number of anilines is 2. The van der Waals surface area contributed by atoms with Gasteiger partial charge in [0, 0.05) is 31.1 Å². The second kappa shape index (κ2) is 14.3. The normalized spacial score (nSPS) is 13.6. The SMILES string of the molecule is CCCN(CCC)C(C)Oc1c(C#N)c(C#N)c(OC(C)N(CCC)CCC)c2c1Nc1ccccc1S2. The van der Waals surface area contributed by atoms with Gasteiger partial charge in [-0.1, -0.05) is 51.6 Å². The summed E-state index contributed by atoms with van der Waals surface area (Å²) in [5.74, 6) is 0.847. The van der Waals surface area contributed by atoms with E-state index < -0.39 is 0 Å². The van der Waals surface area contributed by atoms with Gasteiger partial charge in [-0.05, 0) is 51.7 Å². The number of hydrogen-bond donors (Lipinski definition) is 1. The summed E-state index contributed by atoms with van der Waals surface area (Å²) in [7, 11) is 0. The van der Waals surface area contributed by atoms with Crippen molar-refractivity contribution >= 4 is 23.1 Å². The monoisotopic (exact) mass is 535 g/mol. The zero-order valence-electron chi connectivity index (χ0n) is 23.6. The van der Waals surface area contributed by atoms with Crippen molar-refractivity contribution in [3.05, 3.63) is 35.4 Å². The van der Waals surface area contributed by atoms with Gasteiger partial charge in [-0.2, -0.15) is 10.5 Å². The average Bonchev–Trinajstić information content (AvgIpc) is 2.92. The number of ether oxygens (including phenoxy) is 2. The molecule has 0 fully saturated rings. The number of nitrogens with one attached hydrogen (secondary N) is 1. The van der Waals surface area contributed by atoms with Crippen LogP contribution in [0.1, 0.15) is 78.4 Å². The van der Waals surface area contributed by atoms with Gasteiger partial charge in [0.1, 0.15) is 41.4 Å². The van der Waals surface area contributed by atoms with Gasteiger partial charge in [0.15, 0.2) is 11.5 Å². The van der Waals surface area contributed by atoms with E-state index in [9.17, 15) is 10.5 Å². The fourth-order valence-corrected chi connectivity index (χ4v) is 5.91. The van der Waals surface area contributed by atoms with E-state index in [1.807, 2.05) is 38.1 Å². The topological polar surface area (TPSA) is 84.5 Å². The van der Waals surface area contributed by atoms with Crippen molar-refractivity contribution < 1.29 is 9.47 Å². The molecule has 7 nitrogen and oxygen atoms in total. The highest BCUT2D eigenvalue weighted by Crippen LogP contribution is 2.55. The molecule has 1 aliphatic heterocycles. The van der Waals surface area contributed by atoms with E-state index in [1.54, 1.807) is 11.8 Å². The maximum absolute atomic E-state index is 10.3. The summed E-state index contributed by atoms with van der Waals surface area (Å²) in [6, 6.07) is 12.6. The summed E-state index contributed by atoms with van der Waals surface area (Å²) < 4.78 is 13.1. The van der Waals surface area contributed by atoms with Crippen LogP contribution in [-0.2, 0) is 0 Å². The minimum absolute atomic E-state index is 0.207. The Labute approximate surface area is 232 Å². The number of rotatable bonds is 14.